The van der Waals surface area contributed by atoms with Crippen molar-refractivity contribution in [1.29, 1.82) is 0 Å². The van der Waals surface area contributed by atoms with Gasteiger partial charge < -0.3 is 14.8 Å². The van der Waals surface area contributed by atoms with Crippen molar-refractivity contribution in [2.75, 3.05) is 19.5 Å². The molecule has 7 nitrogen and oxygen atoms in total. The lowest BCUT2D eigenvalue weighted by molar-refractivity contribution is 0.356. The van der Waals surface area contributed by atoms with Crippen molar-refractivity contribution in [1.82, 2.24) is 20.2 Å². The van der Waals surface area contributed by atoms with Crippen LogP contribution in [0.1, 0.15) is 18.8 Å². The average molecular weight is 313 g/mol. The molecule has 0 aliphatic rings. The number of hydrogen-bond donors (Lipinski definition) is 1. The predicted molar refractivity (Wildman–Crippen MR) is 87.9 cm³/mol. The Hall–Kier alpha value is -2.83. The Labute approximate surface area is 134 Å². The summed E-state index contributed by atoms with van der Waals surface area (Å²) in [6, 6.07) is 10.1. The molecule has 120 valence electrons. The van der Waals surface area contributed by atoms with Crippen LogP contribution in [0.25, 0.3) is 10.8 Å². The van der Waals surface area contributed by atoms with Crippen LogP contribution in [0.4, 0.5) is 5.69 Å². The maximum absolute atomic E-state index is 5.36. The molecule has 0 bridgehead atoms. The van der Waals surface area contributed by atoms with Crippen LogP contribution in [0.15, 0.2) is 30.3 Å². The van der Waals surface area contributed by atoms with Gasteiger partial charge in [0.25, 0.3) is 0 Å². The lowest BCUT2D eigenvalue weighted by atomic mass is 10.1. The molecule has 0 fully saturated rings. The van der Waals surface area contributed by atoms with Gasteiger partial charge in [-0.3, -0.25) is 0 Å². The third-order valence-electron chi connectivity index (χ3n) is 3.77. The molecule has 0 aliphatic heterocycles. The summed E-state index contributed by atoms with van der Waals surface area (Å²) < 4.78 is 12.4. The number of nitrogens with zero attached hydrogens (tertiary/aromatic N) is 4. The first-order valence-electron chi connectivity index (χ1n) is 7.27. The summed E-state index contributed by atoms with van der Waals surface area (Å²) in [6.07, 6.45) is 0. The minimum Gasteiger partial charge on any atom is -0.493 e. The van der Waals surface area contributed by atoms with Gasteiger partial charge in [0.2, 0.25) is 0 Å². The third kappa shape index (κ3) is 2.90. The lowest BCUT2D eigenvalue weighted by Gasteiger charge is -2.15. The van der Waals surface area contributed by atoms with Crippen LogP contribution in [0.2, 0.25) is 0 Å². The molecular weight excluding hydrogens is 294 g/mol. The highest BCUT2D eigenvalue weighted by molar-refractivity contribution is 5.88. The van der Waals surface area contributed by atoms with Crippen LogP contribution in [0, 0.1) is 0 Å². The summed E-state index contributed by atoms with van der Waals surface area (Å²) in [5.74, 6) is 2.21. The average Bonchev–Trinajstić information content (AvgIpc) is 2.99. The van der Waals surface area contributed by atoms with Crippen molar-refractivity contribution in [2.45, 2.75) is 13.0 Å². The fourth-order valence-electron chi connectivity index (χ4n) is 2.58. The van der Waals surface area contributed by atoms with Gasteiger partial charge in [0.05, 0.1) is 20.3 Å². The molecule has 0 spiro atoms. The first kappa shape index (κ1) is 15.1. The molecular formula is C16H19N5O2. The van der Waals surface area contributed by atoms with Crippen molar-refractivity contribution in [3.8, 4) is 11.5 Å². The highest BCUT2D eigenvalue weighted by atomic mass is 16.5. The molecule has 1 unspecified atom stereocenters. The normalized spacial score (nSPS) is 12.2. The van der Waals surface area contributed by atoms with Gasteiger partial charge in [-0.05, 0) is 52.4 Å². The Bertz CT molecular complexity index is 830. The van der Waals surface area contributed by atoms with E-state index in [0.717, 1.165) is 28.0 Å². The predicted octanol–water partition coefficient (Wildman–Crippen LogP) is 2.55. The van der Waals surface area contributed by atoms with E-state index >= 15 is 0 Å². The van der Waals surface area contributed by atoms with Gasteiger partial charge >= 0.3 is 0 Å². The number of methoxy groups -OCH3 is 2. The van der Waals surface area contributed by atoms with Crippen molar-refractivity contribution in [3.05, 3.63) is 36.2 Å². The highest BCUT2D eigenvalue weighted by Gasteiger charge is 2.13. The van der Waals surface area contributed by atoms with E-state index in [2.05, 4.69) is 26.9 Å². The molecule has 3 aromatic rings. The van der Waals surface area contributed by atoms with Gasteiger partial charge in [0.15, 0.2) is 17.3 Å². The van der Waals surface area contributed by atoms with Gasteiger partial charge in [-0.15, -0.1) is 5.10 Å². The Morgan fingerprint density at radius 1 is 1.04 bits per heavy atom. The van der Waals surface area contributed by atoms with Gasteiger partial charge in [0, 0.05) is 12.7 Å². The standard InChI is InChI=1S/C16H19N5O2/c1-10(16-18-19-20-21(16)2)17-13-6-5-11-8-14(22-3)15(23-4)9-12(11)7-13/h5-10,17H,1-4H3. The van der Waals surface area contributed by atoms with E-state index in [0.29, 0.717) is 5.75 Å². The van der Waals surface area contributed by atoms with Crippen LogP contribution < -0.4 is 14.8 Å². The van der Waals surface area contributed by atoms with Crippen molar-refractivity contribution < 1.29 is 9.47 Å². The zero-order valence-electron chi connectivity index (χ0n) is 13.6. The Kier molecular flexibility index (Phi) is 4.01. The van der Waals surface area contributed by atoms with Gasteiger partial charge in [0.1, 0.15) is 0 Å². The summed E-state index contributed by atoms with van der Waals surface area (Å²) in [5.41, 5.74) is 0.986. The number of fused-ring (bicyclic) bond motifs is 1. The fourth-order valence-corrected chi connectivity index (χ4v) is 2.58. The van der Waals surface area contributed by atoms with Crippen LogP contribution >= 0.6 is 0 Å². The number of ether oxygens (including phenoxy) is 2. The summed E-state index contributed by atoms with van der Waals surface area (Å²) in [5, 5.41) is 17.1. The molecule has 0 amide bonds. The second-order valence-electron chi connectivity index (χ2n) is 5.30. The molecule has 0 saturated heterocycles. The van der Waals surface area contributed by atoms with E-state index < -0.39 is 0 Å². The molecule has 1 atom stereocenters. The van der Waals surface area contributed by atoms with Gasteiger partial charge in [-0.2, -0.15) is 0 Å². The van der Waals surface area contributed by atoms with E-state index in [-0.39, 0.29) is 6.04 Å². The number of nitrogens with one attached hydrogen (secondary N) is 1. The minimum absolute atomic E-state index is 0.00686. The number of tetrazole rings is 1. The molecule has 23 heavy (non-hydrogen) atoms. The van der Waals surface area contributed by atoms with E-state index in [1.807, 2.05) is 38.2 Å². The van der Waals surface area contributed by atoms with Crippen molar-refractivity contribution >= 4 is 16.5 Å². The molecule has 2 aromatic carbocycles. The van der Waals surface area contributed by atoms with E-state index in [9.17, 15) is 0 Å². The van der Waals surface area contributed by atoms with Gasteiger partial charge in [-0.1, -0.05) is 6.07 Å². The largest absolute Gasteiger partial charge is 0.493 e. The minimum atomic E-state index is -0.00686. The van der Waals surface area contributed by atoms with Crippen molar-refractivity contribution in [2.24, 2.45) is 7.05 Å². The number of hydrogen-bond acceptors (Lipinski definition) is 6. The number of rotatable bonds is 5. The molecule has 0 saturated carbocycles. The summed E-state index contributed by atoms with van der Waals surface area (Å²) in [4.78, 5) is 0. The monoisotopic (exact) mass is 313 g/mol. The zero-order valence-corrected chi connectivity index (χ0v) is 13.6. The fraction of sp³-hybridized carbons (Fsp3) is 0.312. The molecule has 1 heterocycles. The second-order valence-corrected chi connectivity index (χ2v) is 5.30. The van der Waals surface area contributed by atoms with Crippen LogP contribution in [0.3, 0.4) is 0 Å². The SMILES string of the molecule is COc1cc2ccc(NC(C)c3nnnn3C)cc2cc1OC. The summed E-state index contributed by atoms with van der Waals surface area (Å²) >= 11 is 0. The molecule has 1 aromatic heterocycles. The van der Waals surface area contributed by atoms with Gasteiger partial charge in [-0.25, -0.2) is 4.68 Å². The molecule has 1 N–H and O–H groups in total. The molecule has 7 heteroatoms. The topological polar surface area (TPSA) is 74.1 Å². The quantitative estimate of drug-likeness (QED) is 0.780. The first-order chi connectivity index (χ1) is 11.1. The van der Waals surface area contributed by atoms with Crippen LogP contribution in [0.5, 0.6) is 11.5 Å². The van der Waals surface area contributed by atoms with E-state index in [4.69, 9.17) is 9.47 Å². The summed E-state index contributed by atoms with van der Waals surface area (Å²) in [7, 11) is 5.09. The Morgan fingerprint density at radius 3 is 2.35 bits per heavy atom. The summed E-state index contributed by atoms with van der Waals surface area (Å²) in [6.45, 7) is 2.02. The number of aryl methyl sites for hydroxylation is 1. The molecule has 3 rings (SSSR count). The maximum atomic E-state index is 5.36. The van der Waals surface area contributed by atoms with Crippen molar-refractivity contribution in [3.63, 3.8) is 0 Å². The number of anilines is 1. The van der Waals surface area contributed by atoms with Crippen LogP contribution in [-0.2, 0) is 7.05 Å². The third-order valence-corrected chi connectivity index (χ3v) is 3.77. The first-order valence-corrected chi connectivity index (χ1v) is 7.27. The zero-order chi connectivity index (χ0) is 16.4. The highest BCUT2D eigenvalue weighted by Crippen LogP contribution is 2.33. The van der Waals surface area contributed by atoms with E-state index in [1.165, 1.54) is 0 Å². The smallest absolute Gasteiger partial charge is 0.173 e. The number of aromatic nitrogens is 4. The van der Waals surface area contributed by atoms with Crippen LogP contribution in [-0.4, -0.2) is 34.4 Å². The second kappa shape index (κ2) is 6.12. The Balaban J connectivity index is 1.92. The Morgan fingerprint density at radius 2 is 1.74 bits per heavy atom. The van der Waals surface area contributed by atoms with E-state index in [1.54, 1.807) is 18.9 Å². The number of benzene rings is 2. The molecule has 0 aliphatic carbocycles. The molecule has 0 radical (unpaired) electrons. The lowest BCUT2D eigenvalue weighted by Crippen LogP contribution is -2.12. The maximum Gasteiger partial charge on any atom is 0.173 e.